The first kappa shape index (κ1) is 16.1. The molecule has 0 unspecified atom stereocenters. The molecule has 21 heavy (non-hydrogen) atoms. The lowest BCUT2D eigenvalue weighted by Gasteiger charge is -2.13. The van der Waals surface area contributed by atoms with Gasteiger partial charge in [-0.1, -0.05) is 29.3 Å². The van der Waals surface area contributed by atoms with E-state index in [-0.39, 0.29) is 0 Å². The average Bonchev–Trinajstić information content (AvgIpc) is 2.44. The molecule has 0 bridgehead atoms. The Hall–Kier alpha value is -1.25. The van der Waals surface area contributed by atoms with Crippen molar-refractivity contribution in [3.8, 4) is 6.07 Å². The van der Waals surface area contributed by atoms with Crippen molar-refractivity contribution in [3.63, 3.8) is 0 Å². The Kier molecular flexibility index (Phi) is 5.49. The summed E-state index contributed by atoms with van der Waals surface area (Å²) >= 11 is 13.2. The Morgan fingerprint density at radius 1 is 1.38 bits per heavy atom. The van der Waals surface area contributed by atoms with E-state index in [0.717, 1.165) is 5.56 Å². The van der Waals surface area contributed by atoms with Gasteiger partial charge in [0.25, 0.3) is 0 Å². The summed E-state index contributed by atoms with van der Waals surface area (Å²) < 4.78 is 0. The number of aliphatic hydroxyl groups excluding tert-OH is 1. The van der Waals surface area contributed by atoms with E-state index < -0.39 is 6.10 Å². The Labute approximate surface area is 137 Å². The molecule has 0 aliphatic rings. The van der Waals surface area contributed by atoms with Crippen LogP contribution < -0.4 is 0 Å². The van der Waals surface area contributed by atoms with E-state index in [9.17, 15) is 5.11 Å². The largest absolute Gasteiger partial charge is 0.387 e. The molecule has 0 aliphatic carbocycles. The molecule has 1 N–H and O–H groups in total. The molecule has 2 aromatic rings. The number of nitriles is 1. The van der Waals surface area contributed by atoms with Gasteiger partial charge < -0.3 is 5.11 Å². The number of pyridine rings is 1. The van der Waals surface area contributed by atoms with Gasteiger partial charge in [-0.05, 0) is 30.7 Å². The molecule has 0 radical (unpaired) electrons. The number of hydrogen-bond donors (Lipinski definition) is 1. The zero-order valence-electron chi connectivity index (χ0n) is 11.2. The molecule has 6 heteroatoms. The normalized spacial score (nSPS) is 12.0. The first-order chi connectivity index (χ1) is 10.0. The van der Waals surface area contributed by atoms with Crippen LogP contribution >= 0.6 is 35.0 Å². The Morgan fingerprint density at radius 3 is 2.81 bits per heavy atom. The zero-order chi connectivity index (χ0) is 15.4. The van der Waals surface area contributed by atoms with E-state index in [2.05, 4.69) is 11.1 Å². The minimum Gasteiger partial charge on any atom is -0.387 e. The number of halogens is 2. The summed E-state index contributed by atoms with van der Waals surface area (Å²) in [6.07, 6.45) is 0.897. The van der Waals surface area contributed by atoms with Gasteiger partial charge in [-0.2, -0.15) is 5.26 Å². The summed E-state index contributed by atoms with van der Waals surface area (Å²) in [5.41, 5.74) is 2.02. The molecular formula is C15H12Cl2N2OS. The third kappa shape index (κ3) is 3.90. The van der Waals surface area contributed by atoms with Gasteiger partial charge in [0.05, 0.1) is 11.7 Å². The van der Waals surface area contributed by atoms with Gasteiger partial charge in [-0.3, -0.25) is 0 Å². The van der Waals surface area contributed by atoms with Crippen LogP contribution in [0.2, 0.25) is 10.0 Å². The van der Waals surface area contributed by atoms with Crippen LogP contribution in [-0.4, -0.2) is 15.8 Å². The zero-order valence-corrected chi connectivity index (χ0v) is 13.5. The maximum atomic E-state index is 10.2. The van der Waals surface area contributed by atoms with Gasteiger partial charge in [0.2, 0.25) is 0 Å². The third-order valence-corrected chi connectivity index (χ3v) is 4.56. The van der Waals surface area contributed by atoms with Gasteiger partial charge in [-0.25, -0.2) is 4.98 Å². The first-order valence-corrected chi connectivity index (χ1v) is 7.88. The van der Waals surface area contributed by atoms with Gasteiger partial charge in [0.15, 0.2) is 0 Å². The molecule has 0 saturated heterocycles. The fourth-order valence-corrected chi connectivity index (χ4v) is 3.31. The molecule has 0 saturated carbocycles. The van der Waals surface area contributed by atoms with Crippen molar-refractivity contribution in [2.45, 2.75) is 18.1 Å². The highest BCUT2D eigenvalue weighted by molar-refractivity contribution is 7.99. The van der Waals surface area contributed by atoms with E-state index in [0.29, 0.717) is 32.0 Å². The summed E-state index contributed by atoms with van der Waals surface area (Å²) in [6, 6.07) is 8.90. The highest BCUT2D eigenvalue weighted by atomic mass is 35.5. The SMILES string of the molecule is Cc1ccnc(SC[C@H](O)c2ccc(Cl)cc2Cl)c1C#N. The summed E-state index contributed by atoms with van der Waals surface area (Å²) in [7, 11) is 0. The van der Waals surface area contributed by atoms with E-state index >= 15 is 0 Å². The molecule has 1 aromatic carbocycles. The third-order valence-electron chi connectivity index (χ3n) is 2.94. The number of benzene rings is 1. The molecule has 0 spiro atoms. The fraction of sp³-hybridized carbons (Fsp3) is 0.200. The summed E-state index contributed by atoms with van der Waals surface area (Å²) in [6.45, 7) is 1.86. The monoisotopic (exact) mass is 338 g/mol. The molecule has 3 nitrogen and oxygen atoms in total. The lowest BCUT2D eigenvalue weighted by atomic mass is 10.1. The maximum Gasteiger partial charge on any atom is 0.114 e. The standard InChI is InChI=1S/C15H12Cl2N2OS/c1-9-4-5-19-15(12(9)7-18)21-8-14(20)11-3-2-10(16)6-13(11)17/h2-6,14,20H,8H2,1H3/t14-/m0/s1. The minimum atomic E-state index is -0.756. The van der Waals surface area contributed by atoms with Crippen LogP contribution in [0.3, 0.4) is 0 Å². The maximum absolute atomic E-state index is 10.2. The smallest absolute Gasteiger partial charge is 0.114 e. The highest BCUT2D eigenvalue weighted by Gasteiger charge is 2.15. The van der Waals surface area contributed by atoms with Crippen molar-refractivity contribution >= 4 is 35.0 Å². The number of aromatic nitrogens is 1. The van der Waals surface area contributed by atoms with E-state index in [1.807, 2.05) is 6.92 Å². The molecule has 0 aliphatic heterocycles. The number of nitrogens with zero attached hydrogens (tertiary/aromatic N) is 2. The second-order valence-corrected chi connectivity index (χ2v) is 6.26. The van der Waals surface area contributed by atoms with Crippen molar-refractivity contribution in [2.75, 3.05) is 5.75 Å². The van der Waals surface area contributed by atoms with Gasteiger partial charge in [-0.15, -0.1) is 11.8 Å². The van der Waals surface area contributed by atoms with Crippen LogP contribution in [0.25, 0.3) is 0 Å². The van der Waals surface area contributed by atoms with Crippen LogP contribution in [0.5, 0.6) is 0 Å². The molecular weight excluding hydrogens is 327 g/mol. The summed E-state index contributed by atoms with van der Waals surface area (Å²) in [5.74, 6) is 0.354. The van der Waals surface area contributed by atoms with Crippen molar-refractivity contribution in [2.24, 2.45) is 0 Å². The molecule has 1 atom stereocenters. The van der Waals surface area contributed by atoms with Crippen molar-refractivity contribution in [1.29, 1.82) is 5.26 Å². The second-order valence-electron chi connectivity index (χ2n) is 4.41. The molecule has 108 valence electrons. The quantitative estimate of drug-likeness (QED) is 0.839. The van der Waals surface area contributed by atoms with Crippen LogP contribution in [-0.2, 0) is 0 Å². The lowest BCUT2D eigenvalue weighted by molar-refractivity contribution is 0.204. The predicted molar refractivity (Wildman–Crippen MR) is 85.8 cm³/mol. The Morgan fingerprint density at radius 2 is 2.14 bits per heavy atom. The van der Waals surface area contributed by atoms with E-state index in [1.54, 1.807) is 30.5 Å². The van der Waals surface area contributed by atoms with Crippen LogP contribution in [0, 0.1) is 18.3 Å². The number of rotatable bonds is 4. The van der Waals surface area contributed by atoms with Gasteiger partial charge >= 0.3 is 0 Å². The van der Waals surface area contributed by atoms with Crippen LogP contribution in [0.1, 0.15) is 22.8 Å². The van der Waals surface area contributed by atoms with E-state index in [1.165, 1.54) is 11.8 Å². The van der Waals surface area contributed by atoms with Crippen molar-refractivity contribution < 1.29 is 5.11 Å². The molecule has 0 fully saturated rings. The predicted octanol–water partition coefficient (Wildman–Crippen LogP) is 4.39. The lowest BCUT2D eigenvalue weighted by Crippen LogP contribution is -2.02. The minimum absolute atomic E-state index is 0.354. The average molecular weight is 339 g/mol. The number of hydrogen-bond acceptors (Lipinski definition) is 4. The topological polar surface area (TPSA) is 56.9 Å². The number of aliphatic hydroxyl groups is 1. The Balaban J connectivity index is 2.13. The van der Waals surface area contributed by atoms with Gasteiger partial charge in [0.1, 0.15) is 11.1 Å². The van der Waals surface area contributed by atoms with E-state index in [4.69, 9.17) is 28.5 Å². The first-order valence-electron chi connectivity index (χ1n) is 6.14. The van der Waals surface area contributed by atoms with Crippen molar-refractivity contribution in [3.05, 3.63) is 57.2 Å². The summed E-state index contributed by atoms with van der Waals surface area (Å²) in [4.78, 5) is 4.19. The number of aryl methyl sites for hydroxylation is 1. The highest BCUT2D eigenvalue weighted by Crippen LogP contribution is 2.31. The molecule has 0 amide bonds. The molecule has 1 heterocycles. The molecule has 2 rings (SSSR count). The van der Waals surface area contributed by atoms with Crippen molar-refractivity contribution in [1.82, 2.24) is 4.98 Å². The summed E-state index contributed by atoms with van der Waals surface area (Å²) in [5, 5.41) is 20.9. The fourth-order valence-electron chi connectivity index (χ4n) is 1.80. The number of thioether (sulfide) groups is 1. The second kappa shape index (κ2) is 7.15. The molecule has 1 aromatic heterocycles. The van der Waals surface area contributed by atoms with Crippen LogP contribution in [0.15, 0.2) is 35.5 Å². The van der Waals surface area contributed by atoms with Gasteiger partial charge in [0, 0.05) is 27.6 Å². The Bertz CT molecular complexity index is 701. The van der Waals surface area contributed by atoms with Crippen LogP contribution in [0.4, 0.5) is 0 Å².